The second-order valence-electron chi connectivity index (χ2n) is 5.28. The molecule has 4 rings (SSSR count). The molecule has 0 atom stereocenters. The fourth-order valence-corrected chi connectivity index (χ4v) is 2.93. The molecule has 1 aliphatic rings. The van der Waals surface area contributed by atoms with Crippen molar-refractivity contribution in [1.29, 1.82) is 0 Å². The van der Waals surface area contributed by atoms with Gasteiger partial charge in [0.25, 0.3) is 0 Å². The number of tetrazole rings is 1. The number of thiazole rings is 1. The SMILES string of the molecule is Nc1ncc(CNc2cccc(-c3nnnn3C3CC3)c2)s1. The molecule has 0 aliphatic heterocycles. The van der Waals surface area contributed by atoms with Gasteiger partial charge in [-0.15, -0.1) is 16.4 Å². The monoisotopic (exact) mass is 313 g/mol. The van der Waals surface area contributed by atoms with Crippen LogP contribution in [0.3, 0.4) is 0 Å². The standard InChI is InChI=1S/C14H15N7S/c15-14-17-8-12(22-14)7-16-10-3-1-2-9(6-10)13-18-19-20-21(13)11-4-5-11/h1-3,6,8,11,16H,4-5,7H2,(H2,15,17). The van der Waals surface area contributed by atoms with Gasteiger partial charge in [-0.3, -0.25) is 0 Å². The lowest BCUT2D eigenvalue weighted by Crippen LogP contribution is -2.01. The van der Waals surface area contributed by atoms with Crippen LogP contribution in [0.2, 0.25) is 0 Å². The summed E-state index contributed by atoms with van der Waals surface area (Å²) in [5.41, 5.74) is 7.68. The molecule has 0 unspecified atom stereocenters. The van der Waals surface area contributed by atoms with Crippen molar-refractivity contribution in [3.05, 3.63) is 35.3 Å². The molecule has 0 amide bonds. The first-order valence-corrected chi connectivity index (χ1v) is 7.93. The highest BCUT2D eigenvalue weighted by Gasteiger charge is 2.28. The Balaban J connectivity index is 1.53. The van der Waals surface area contributed by atoms with Crippen LogP contribution in [0.4, 0.5) is 10.8 Å². The second-order valence-corrected chi connectivity index (χ2v) is 6.42. The summed E-state index contributed by atoms with van der Waals surface area (Å²) in [6.07, 6.45) is 4.11. The van der Waals surface area contributed by atoms with Gasteiger partial charge >= 0.3 is 0 Å². The number of hydrogen-bond donors (Lipinski definition) is 2. The van der Waals surface area contributed by atoms with Gasteiger partial charge in [-0.2, -0.15) is 0 Å². The third-order valence-corrected chi connectivity index (χ3v) is 4.37. The number of aromatic nitrogens is 5. The average molecular weight is 313 g/mol. The molecule has 0 bridgehead atoms. The minimum absolute atomic E-state index is 0.460. The van der Waals surface area contributed by atoms with Crippen LogP contribution >= 0.6 is 11.3 Å². The van der Waals surface area contributed by atoms with E-state index in [0.29, 0.717) is 17.7 Å². The second kappa shape index (κ2) is 5.38. The summed E-state index contributed by atoms with van der Waals surface area (Å²) in [7, 11) is 0. The summed E-state index contributed by atoms with van der Waals surface area (Å²) < 4.78 is 1.92. The molecular weight excluding hydrogens is 298 g/mol. The first-order valence-electron chi connectivity index (χ1n) is 7.12. The molecule has 22 heavy (non-hydrogen) atoms. The third-order valence-electron chi connectivity index (χ3n) is 3.54. The number of benzene rings is 1. The summed E-state index contributed by atoms with van der Waals surface area (Å²) in [5.74, 6) is 0.827. The van der Waals surface area contributed by atoms with Crippen molar-refractivity contribution in [1.82, 2.24) is 25.2 Å². The minimum Gasteiger partial charge on any atom is -0.380 e. The van der Waals surface area contributed by atoms with Gasteiger partial charge in [0.1, 0.15) is 0 Å². The molecule has 8 heteroatoms. The molecule has 3 N–H and O–H groups in total. The van der Waals surface area contributed by atoms with Crippen LogP contribution in [0.5, 0.6) is 0 Å². The molecule has 2 heterocycles. The Morgan fingerprint density at radius 2 is 2.27 bits per heavy atom. The van der Waals surface area contributed by atoms with E-state index in [-0.39, 0.29) is 0 Å². The van der Waals surface area contributed by atoms with Gasteiger partial charge in [-0.1, -0.05) is 12.1 Å². The zero-order valence-corrected chi connectivity index (χ0v) is 12.6. The van der Waals surface area contributed by atoms with Crippen molar-refractivity contribution in [2.24, 2.45) is 0 Å². The molecule has 0 radical (unpaired) electrons. The summed E-state index contributed by atoms with van der Waals surface area (Å²) in [6, 6.07) is 8.58. The molecule has 1 fully saturated rings. The highest BCUT2D eigenvalue weighted by Crippen LogP contribution is 2.36. The predicted octanol–water partition coefficient (Wildman–Crippen LogP) is 2.33. The van der Waals surface area contributed by atoms with Crippen LogP contribution in [0.15, 0.2) is 30.5 Å². The van der Waals surface area contributed by atoms with Gasteiger partial charge in [0.15, 0.2) is 11.0 Å². The van der Waals surface area contributed by atoms with E-state index in [4.69, 9.17) is 5.73 Å². The predicted molar refractivity (Wildman–Crippen MR) is 85.4 cm³/mol. The van der Waals surface area contributed by atoms with Gasteiger partial charge in [0.05, 0.1) is 12.6 Å². The smallest absolute Gasteiger partial charge is 0.182 e. The summed E-state index contributed by atoms with van der Waals surface area (Å²) in [4.78, 5) is 5.15. The van der Waals surface area contributed by atoms with Gasteiger partial charge < -0.3 is 11.1 Å². The molecule has 1 aromatic carbocycles. The lowest BCUT2D eigenvalue weighted by atomic mass is 10.2. The van der Waals surface area contributed by atoms with Gasteiger partial charge in [-0.25, -0.2) is 9.67 Å². The zero-order chi connectivity index (χ0) is 14.9. The maximum Gasteiger partial charge on any atom is 0.182 e. The van der Waals surface area contributed by atoms with Crippen molar-refractivity contribution in [2.45, 2.75) is 25.4 Å². The molecule has 0 spiro atoms. The fourth-order valence-electron chi connectivity index (χ4n) is 2.31. The van der Waals surface area contributed by atoms with E-state index in [1.54, 1.807) is 6.20 Å². The van der Waals surface area contributed by atoms with Crippen LogP contribution in [-0.2, 0) is 6.54 Å². The highest BCUT2D eigenvalue weighted by molar-refractivity contribution is 7.15. The quantitative estimate of drug-likeness (QED) is 0.750. The lowest BCUT2D eigenvalue weighted by Gasteiger charge is -2.07. The maximum absolute atomic E-state index is 5.64. The van der Waals surface area contributed by atoms with E-state index in [0.717, 1.165) is 34.8 Å². The van der Waals surface area contributed by atoms with Gasteiger partial charge in [0.2, 0.25) is 0 Å². The highest BCUT2D eigenvalue weighted by atomic mass is 32.1. The topological polar surface area (TPSA) is 94.5 Å². The van der Waals surface area contributed by atoms with E-state index in [2.05, 4.69) is 31.9 Å². The Bertz CT molecular complexity index is 790. The number of nitrogens with zero attached hydrogens (tertiary/aromatic N) is 5. The molecule has 2 aromatic heterocycles. The molecular formula is C14H15N7S. The number of rotatable bonds is 5. The molecule has 0 saturated heterocycles. The van der Waals surface area contributed by atoms with E-state index in [9.17, 15) is 0 Å². The van der Waals surface area contributed by atoms with E-state index >= 15 is 0 Å². The average Bonchev–Trinajstić information content (AvgIpc) is 3.11. The normalized spacial score (nSPS) is 14.2. The fraction of sp³-hybridized carbons (Fsp3) is 0.286. The van der Waals surface area contributed by atoms with Crippen LogP contribution in [0.1, 0.15) is 23.8 Å². The largest absolute Gasteiger partial charge is 0.380 e. The summed E-state index contributed by atoms with van der Waals surface area (Å²) in [5, 5.41) is 16.0. The summed E-state index contributed by atoms with van der Waals surface area (Å²) in [6.45, 7) is 0.700. The van der Waals surface area contributed by atoms with E-state index in [1.165, 1.54) is 11.3 Å². The number of nitrogens with one attached hydrogen (secondary N) is 1. The van der Waals surface area contributed by atoms with Crippen LogP contribution in [-0.4, -0.2) is 25.2 Å². The Hall–Kier alpha value is -2.48. The maximum atomic E-state index is 5.64. The first-order chi connectivity index (χ1) is 10.8. The molecule has 7 nitrogen and oxygen atoms in total. The van der Waals surface area contributed by atoms with E-state index < -0.39 is 0 Å². The number of nitrogens with two attached hydrogens (primary N) is 1. The number of nitrogen functional groups attached to an aromatic ring is 1. The lowest BCUT2D eigenvalue weighted by molar-refractivity contribution is 0.615. The Labute approximate surface area is 131 Å². The first kappa shape index (κ1) is 13.2. The van der Waals surface area contributed by atoms with E-state index in [1.807, 2.05) is 22.9 Å². The Morgan fingerprint density at radius 1 is 1.36 bits per heavy atom. The van der Waals surface area contributed by atoms with Crippen LogP contribution < -0.4 is 11.1 Å². The minimum atomic E-state index is 0.460. The number of hydrogen-bond acceptors (Lipinski definition) is 7. The Kier molecular flexibility index (Phi) is 3.23. The summed E-state index contributed by atoms with van der Waals surface area (Å²) >= 11 is 1.49. The van der Waals surface area contributed by atoms with Crippen LogP contribution in [0, 0.1) is 0 Å². The molecule has 112 valence electrons. The van der Waals surface area contributed by atoms with Gasteiger partial charge in [0, 0.05) is 22.3 Å². The Morgan fingerprint density at radius 3 is 3.05 bits per heavy atom. The van der Waals surface area contributed by atoms with Crippen LogP contribution in [0.25, 0.3) is 11.4 Å². The van der Waals surface area contributed by atoms with Crippen molar-refractivity contribution >= 4 is 22.2 Å². The molecule has 1 aliphatic carbocycles. The zero-order valence-electron chi connectivity index (χ0n) is 11.8. The molecule has 1 saturated carbocycles. The van der Waals surface area contributed by atoms with Crippen molar-refractivity contribution in [2.75, 3.05) is 11.1 Å². The van der Waals surface area contributed by atoms with Crippen molar-refractivity contribution in [3.8, 4) is 11.4 Å². The molecule has 3 aromatic rings. The van der Waals surface area contributed by atoms with Gasteiger partial charge in [-0.05, 0) is 35.4 Å². The van der Waals surface area contributed by atoms with Crippen molar-refractivity contribution < 1.29 is 0 Å². The third kappa shape index (κ3) is 2.64. The van der Waals surface area contributed by atoms with Crippen molar-refractivity contribution in [3.63, 3.8) is 0 Å². The number of anilines is 2.